The Morgan fingerprint density at radius 1 is 1.33 bits per heavy atom. The number of halogens is 3. The fourth-order valence-electron chi connectivity index (χ4n) is 3.65. The number of pyridine rings is 2. The summed E-state index contributed by atoms with van der Waals surface area (Å²) in [4.78, 5) is 10.9. The molecule has 0 bridgehead atoms. The Labute approximate surface area is 162 Å². The van der Waals surface area contributed by atoms with Crippen LogP contribution in [0.1, 0.15) is 17.7 Å². The van der Waals surface area contributed by atoms with Crippen LogP contribution in [0.3, 0.4) is 0 Å². The Balaban J connectivity index is 1.49. The quantitative estimate of drug-likeness (QED) is 0.453. The molecule has 0 aromatic carbocycles. The lowest BCUT2D eigenvalue weighted by molar-refractivity contribution is -0.109. The molecule has 4 nitrogen and oxygen atoms in total. The van der Waals surface area contributed by atoms with Gasteiger partial charge >= 0.3 is 0 Å². The van der Waals surface area contributed by atoms with Crippen molar-refractivity contribution in [3.8, 4) is 11.3 Å². The van der Waals surface area contributed by atoms with Crippen molar-refractivity contribution >= 4 is 44.2 Å². The van der Waals surface area contributed by atoms with Crippen LogP contribution in [0.4, 0.5) is 8.78 Å². The Kier molecular flexibility index (Phi) is 3.74. The number of aromatic nitrogens is 4. The van der Waals surface area contributed by atoms with E-state index in [1.807, 2.05) is 31.4 Å². The second-order valence-corrected chi connectivity index (χ2v) is 8.62. The number of alkyl halides is 2. The summed E-state index contributed by atoms with van der Waals surface area (Å²) in [5.41, 5.74) is 2.41. The lowest BCUT2D eigenvalue weighted by Gasteiger charge is -2.34. The van der Waals surface area contributed by atoms with E-state index in [9.17, 15) is 8.78 Å². The standard InChI is InChI=1S/C19H15ClF2N4S/c1-26-9-12-5-11(8-23-17(12)25-26)14-3-2-13-16(20)15(27-18(13)24-14)4-10-6-19(21,22)7-10/h2-3,5,8-10H,4,6-7H2,1H3. The third kappa shape index (κ3) is 2.99. The highest BCUT2D eigenvalue weighted by Gasteiger charge is 2.45. The van der Waals surface area contributed by atoms with Gasteiger partial charge in [-0.2, -0.15) is 5.10 Å². The van der Waals surface area contributed by atoms with Crippen molar-refractivity contribution in [3.63, 3.8) is 0 Å². The molecule has 0 aliphatic heterocycles. The van der Waals surface area contributed by atoms with E-state index in [0.717, 1.165) is 31.7 Å². The largest absolute Gasteiger partial charge is 0.273 e. The van der Waals surface area contributed by atoms with Gasteiger partial charge in [-0.3, -0.25) is 4.68 Å². The summed E-state index contributed by atoms with van der Waals surface area (Å²) in [6.07, 6.45) is 4.17. The molecule has 138 valence electrons. The Morgan fingerprint density at radius 3 is 2.93 bits per heavy atom. The number of aryl methyl sites for hydroxylation is 1. The summed E-state index contributed by atoms with van der Waals surface area (Å²) in [5, 5.41) is 6.75. The molecule has 0 saturated heterocycles. The molecule has 4 aromatic rings. The van der Waals surface area contributed by atoms with Crippen LogP contribution in [0.5, 0.6) is 0 Å². The first kappa shape index (κ1) is 17.0. The third-order valence-electron chi connectivity index (χ3n) is 4.98. The summed E-state index contributed by atoms with van der Waals surface area (Å²) in [7, 11) is 1.86. The van der Waals surface area contributed by atoms with E-state index in [1.165, 1.54) is 11.3 Å². The van der Waals surface area contributed by atoms with Crippen LogP contribution >= 0.6 is 22.9 Å². The van der Waals surface area contributed by atoms with Crippen LogP contribution in [0.15, 0.2) is 30.6 Å². The van der Waals surface area contributed by atoms with Gasteiger partial charge in [0.05, 0.1) is 10.7 Å². The van der Waals surface area contributed by atoms with Crippen LogP contribution in [0.2, 0.25) is 5.02 Å². The number of hydrogen-bond acceptors (Lipinski definition) is 4. The van der Waals surface area contributed by atoms with E-state index >= 15 is 0 Å². The minimum atomic E-state index is -2.50. The topological polar surface area (TPSA) is 43.6 Å². The van der Waals surface area contributed by atoms with Crippen molar-refractivity contribution in [1.82, 2.24) is 19.7 Å². The van der Waals surface area contributed by atoms with Crippen molar-refractivity contribution in [2.45, 2.75) is 25.2 Å². The molecular weight excluding hydrogens is 390 g/mol. The molecule has 4 heterocycles. The molecule has 1 fully saturated rings. The van der Waals surface area contributed by atoms with Gasteiger partial charge in [-0.1, -0.05) is 11.6 Å². The fraction of sp³-hybridized carbons (Fsp3) is 0.316. The smallest absolute Gasteiger partial charge is 0.248 e. The van der Waals surface area contributed by atoms with Gasteiger partial charge in [-0.15, -0.1) is 11.3 Å². The zero-order valence-electron chi connectivity index (χ0n) is 14.4. The molecule has 4 aromatic heterocycles. The summed E-state index contributed by atoms with van der Waals surface area (Å²) in [6, 6.07) is 5.88. The number of nitrogens with zero attached hydrogens (tertiary/aromatic N) is 4. The highest BCUT2D eigenvalue weighted by Crippen LogP contribution is 2.46. The van der Waals surface area contributed by atoms with Crippen LogP contribution in [0, 0.1) is 5.92 Å². The van der Waals surface area contributed by atoms with Crippen molar-refractivity contribution in [2.75, 3.05) is 0 Å². The Bertz CT molecular complexity index is 1180. The second kappa shape index (κ2) is 5.94. The van der Waals surface area contributed by atoms with E-state index in [2.05, 4.69) is 10.1 Å². The SMILES string of the molecule is Cn1cc2cc(-c3ccc4c(Cl)c(CC5CC(F)(F)C5)sc4n3)cnc2n1. The lowest BCUT2D eigenvalue weighted by atomic mass is 9.79. The van der Waals surface area contributed by atoms with E-state index in [4.69, 9.17) is 16.6 Å². The van der Waals surface area contributed by atoms with Gasteiger partial charge < -0.3 is 0 Å². The van der Waals surface area contributed by atoms with E-state index in [0.29, 0.717) is 17.1 Å². The minimum absolute atomic E-state index is 0.00206. The first-order valence-corrected chi connectivity index (χ1v) is 9.83. The number of rotatable bonds is 3. The van der Waals surface area contributed by atoms with Gasteiger partial charge in [0, 0.05) is 53.5 Å². The maximum absolute atomic E-state index is 13.1. The van der Waals surface area contributed by atoms with Gasteiger partial charge in [-0.25, -0.2) is 18.7 Å². The van der Waals surface area contributed by atoms with Crippen molar-refractivity contribution in [1.29, 1.82) is 0 Å². The monoisotopic (exact) mass is 404 g/mol. The molecular formula is C19H15ClF2N4S. The average Bonchev–Trinajstić information content (AvgIpc) is 3.11. The first-order valence-electron chi connectivity index (χ1n) is 8.63. The molecule has 0 N–H and O–H groups in total. The molecule has 0 spiro atoms. The molecule has 1 aliphatic carbocycles. The third-order valence-corrected chi connectivity index (χ3v) is 6.64. The maximum Gasteiger partial charge on any atom is 0.248 e. The normalized spacial score (nSPS) is 16.9. The number of thiophene rings is 1. The Morgan fingerprint density at radius 2 is 2.15 bits per heavy atom. The molecule has 1 aliphatic rings. The van der Waals surface area contributed by atoms with E-state index < -0.39 is 5.92 Å². The molecule has 1 saturated carbocycles. The molecule has 0 atom stereocenters. The highest BCUT2D eigenvalue weighted by molar-refractivity contribution is 7.19. The second-order valence-electron chi connectivity index (χ2n) is 7.16. The Hall–Kier alpha value is -2.12. The molecule has 8 heteroatoms. The summed E-state index contributed by atoms with van der Waals surface area (Å²) < 4.78 is 27.9. The van der Waals surface area contributed by atoms with Crippen molar-refractivity contribution < 1.29 is 8.78 Å². The fourth-order valence-corrected chi connectivity index (χ4v) is 5.23. The van der Waals surface area contributed by atoms with E-state index in [1.54, 1.807) is 10.9 Å². The number of hydrogen-bond donors (Lipinski definition) is 0. The molecule has 0 unspecified atom stereocenters. The van der Waals surface area contributed by atoms with E-state index in [-0.39, 0.29) is 18.8 Å². The van der Waals surface area contributed by atoms with Crippen LogP contribution < -0.4 is 0 Å². The summed E-state index contributed by atoms with van der Waals surface area (Å²) >= 11 is 7.99. The average molecular weight is 405 g/mol. The minimum Gasteiger partial charge on any atom is -0.273 e. The van der Waals surface area contributed by atoms with Gasteiger partial charge in [0.2, 0.25) is 5.92 Å². The summed E-state index contributed by atoms with van der Waals surface area (Å²) in [6.45, 7) is 0. The molecule has 0 radical (unpaired) electrons. The van der Waals surface area contributed by atoms with Crippen molar-refractivity contribution in [2.24, 2.45) is 13.0 Å². The zero-order valence-corrected chi connectivity index (χ0v) is 16.0. The maximum atomic E-state index is 13.1. The highest BCUT2D eigenvalue weighted by atomic mass is 35.5. The van der Waals surface area contributed by atoms with Crippen LogP contribution in [0.25, 0.3) is 32.5 Å². The number of fused-ring (bicyclic) bond motifs is 2. The van der Waals surface area contributed by atoms with Gasteiger partial charge in [0.15, 0.2) is 5.65 Å². The molecule has 5 rings (SSSR count). The predicted molar refractivity (Wildman–Crippen MR) is 104 cm³/mol. The lowest BCUT2D eigenvalue weighted by Crippen LogP contribution is -2.36. The van der Waals surface area contributed by atoms with Gasteiger partial charge in [0.1, 0.15) is 4.83 Å². The zero-order chi connectivity index (χ0) is 18.8. The van der Waals surface area contributed by atoms with Crippen LogP contribution in [-0.4, -0.2) is 25.7 Å². The summed E-state index contributed by atoms with van der Waals surface area (Å²) in [5.74, 6) is -2.50. The predicted octanol–water partition coefficient (Wildman–Crippen LogP) is 5.49. The van der Waals surface area contributed by atoms with Crippen LogP contribution in [-0.2, 0) is 13.5 Å². The van der Waals surface area contributed by atoms with Crippen molar-refractivity contribution in [3.05, 3.63) is 40.5 Å². The first-order chi connectivity index (χ1) is 12.9. The van der Waals surface area contributed by atoms with Gasteiger partial charge in [0.25, 0.3) is 0 Å². The van der Waals surface area contributed by atoms with Gasteiger partial charge in [-0.05, 0) is 30.5 Å². The molecule has 0 amide bonds. The molecule has 27 heavy (non-hydrogen) atoms.